The van der Waals surface area contributed by atoms with E-state index < -0.39 is 41.4 Å². The van der Waals surface area contributed by atoms with E-state index in [1.54, 1.807) is 6.92 Å². The van der Waals surface area contributed by atoms with Crippen LogP contribution in [0, 0.1) is 6.92 Å². The normalized spacial score (nSPS) is 22.1. The number of aromatic amines is 1. The number of aliphatic carboxylic acids is 1. The fraction of sp³-hybridized carbons (Fsp3) is 0.538. The number of aliphatic hydroxyl groups is 2. The molecule has 0 unspecified atom stereocenters. The number of H-pyrrole nitrogens is 1. The average Bonchev–Trinajstić information content (AvgIpc) is 2.84. The second-order valence-electron chi connectivity index (χ2n) is 4.94. The van der Waals surface area contributed by atoms with Crippen LogP contribution in [0.2, 0.25) is 0 Å². The monoisotopic (exact) mass is 352 g/mol. The van der Waals surface area contributed by atoms with Gasteiger partial charge in [-0.25, -0.2) is 4.79 Å². The van der Waals surface area contributed by atoms with Crippen LogP contribution in [-0.2, 0) is 14.3 Å². The van der Waals surface area contributed by atoms with Crippen molar-refractivity contribution in [3.8, 4) is 0 Å². The smallest absolute Gasteiger partial charge is 0.542 e. The Kier molecular flexibility index (Phi) is 9.33. The Hall–Kier alpha value is -1.30. The van der Waals surface area contributed by atoms with Crippen molar-refractivity contribution in [2.24, 2.45) is 0 Å². The Morgan fingerprint density at radius 1 is 1.46 bits per heavy atom. The molecule has 0 aliphatic carbocycles. The average molecular weight is 352 g/mol. The Morgan fingerprint density at radius 2 is 2.00 bits per heavy atom. The van der Waals surface area contributed by atoms with E-state index in [4.69, 9.17) is 9.84 Å². The van der Waals surface area contributed by atoms with Crippen molar-refractivity contribution in [3.63, 3.8) is 0 Å². The minimum atomic E-state index is -1.63. The summed E-state index contributed by atoms with van der Waals surface area (Å²) in [4.78, 5) is 43.6. The van der Waals surface area contributed by atoms with E-state index in [0.29, 0.717) is 5.56 Å². The molecule has 0 aromatic carbocycles. The number of aliphatic hydroxyl groups excluding tert-OH is 2. The molecule has 0 spiro atoms. The van der Waals surface area contributed by atoms with Crippen molar-refractivity contribution < 1.29 is 59.2 Å². The summed E-state index contributed by atoms with van der Waals surface area (Å²) in [5.41, 5.74) is -0.643. The summed E-state index contributed by atoms with van der Waals surface area (Å²) in [5, 5.41) is 27.7. The van der Waals surface area contributed by atoms with Gasteiger partial charge >= 0.3 is 35.2 Å². The SMILES string of the molecule is CC(=O)C(=O)[O-].Cc1cn([C@H]2C[C@H](O)[C@@H](CO)O2)c(=O)[nH]c1=O.[Na+]. The summed E-state index contributed by atoms with van der Waals surface area (Å²) in [5.74, 6) is -2.56. The van der Waals surface area contributed by atoms with Crippen LogP contribution in [0.4, 0.5) is 0 Å². The maximum atomic E-state index is 11.6. The molecule has 3 atom stereocenters. The molecule has 2 rings (SSSR count). The first-order chi connectivity index (χ1) is 10.7. The van der Waals surface area contributed by atoms with Crippen LogP contribution < -0.4 is 45.9 Å². The first-order valence-electron chi connectivity index (χ1n) is 6.65. The summed E-state index contributed by atoms with van der Waals surface area (Å²) in [7, 11) is 0. The van der Waals surface area contributed by atoms with Crippen LogP contribution >= 0.6 is 0 Å². The topological polar surface area (TPSA) is 162 Å². The van der Waals surface area contributed by atoms with Gasteiger partial charge in [-0.3, -0.25) is 19.1 Å². The van der Waals surface area contributed by atoms with Gasteiger partial charge in [-0.2, -0.15) is 0 Å². The van der Waals surface area contributed by atoms with Gasteiger partial charge in [0, 0.05) is 25.1 Å². The van der Waals surface area contributed by atoms with E-state index in [2.05, 4.69) is 4.98 Å². The van der Waals surface area contributed by atoms with Gasteiger partial charge in [0.2, 0.25) is 0 Å². The molecule has 128 valence electrons. The third-order valence-corrected chi connectivity index (χ3v) is 3.13. The molecule has 1 aromatic rings. The maximum Gasteiger partial charge on any atom is 1.00 e. The van der Waals surface area contributed by atoms with Gasteiger partial charge in [0.05, 0.1) is 12.7 Å². The Balaban J connectivity index is 0.000000655. The Labute approximate surface area is 158 Å². The molecule has 0 radical (unpaired) electrons. The van der Waals surface area contributed by atoms with E-state index in [9.17, 15) is 29.4 Å². The zero-order valence-electron chi connectivity index (χ0n) is 13.5. The maximum absolute atomic E-state index is 11.6. The van der Waals surface area contributed by atoms with Gasteiger partial charge in [-0.15, -0.1) is 0 Å². The molecule has 1 aromatic heterocycles. The second-order valence-corrected chi connectivity index (χ2v) is 4.94. The molecular formula is C13H17N2NaO8. The van der Waals surface area contributed by atoms with Gasteiger partial charge in [0.15, 0.2) is 5.78 Å². The molecule has 1 saturated heterocycles. The molecule has 11 heteroatoms. The first kappa shape index (κ1) is 22.7. The Bertz CT molecular complexity index is 686. The molecule has 24 heavy (non-hydrogen) atoms. The van der Waals surface area contributed by atoms with E-state index in [-0.39, 0.29) is 42.6 Å². The molecule has 1 aliphatic rings. The minimum Gasteiger partial charge on any atom is -0.542 e. The molecule has 0 bridgehead atoms. The number of ketones is 1. The summed E-state index contributed by atoms with van der Waals surface area (Å²) in [6.07, 6.45) is -0.581. The molecule has 3 N–H and O–H groups in total. The number of aromatic nitrogens is 2. The van der Waals surface area contributed by atoms with E-state index in [1.807, 2.05) is 0 Å². The van der Waals surface area contributed by atoms with E-state index in [1.165, 1.54) is 10.8 Å². The van der Waals surface area contributed by atoms with E-state index in [0.717, 1.165) is 6.92 Å². The molecule has 10 nitrogen and oxygen atoms in total. The summed E-state index contributed by atoms with van der Waals surface area (Å²) in [6.45, 7) is 2.20. The van der Waals surface area contributed by atoms with Gasteiger partial charge in [0.1, 0.15) is 18.3 Å². The summed E-state index contributed by atoms with van der Waals surface area (Å²) >= 11 is 0. The number of carbonyl (C=O) groups is 2. The van der Waals surface area contributed by atoms with Crippen LogP contribution in [0.5, 0.6) is 0 Å². The number of carboxylic acids is 1. The number of carbonyl (C=O) groups excluding carboxylic acids is 2. The number of carboxylic acid groups (broad SMARTS) is 1. The number of nitrogens with one attached hydrogen (secondary N) is 1. The standard InChI is InChI=1S/C10H14N2O5.C3H4O3.Na/c1-5-3-12(10(16)11-9(5)15)8-2-6(14)7(4-13)17-8;1-2(4)3(5)6;/h3,6-8,13-14H,2,4H2,1H3,(H,11,15,16);1H3,(H,5,6);/q;;+1/p-1/t6-,7+,8+;;/m0../s1. The van der Waals surface area contributed by atoms with Crippen LogP contribution in [0.25, 0.3) is 0 Å². The second kappa shape index (κ2) is 9.87. The number of Topliss-reactive ketones (excluding diaryl/α,β-unsaturated/α-hetero) is 1. The fourth-order valence-electron chi connectivity index (χ4n) is 1.85. The number of aryl methyl sites for hydroxylation is 1. The van der Waals surface area contributed by atoms with Crippen molar-refractivity contribution in [1.29, 1.82) is 0 Å². The number of hydrogen-bond acceptors (Lipinski definition) is 8. The predicted octanol–water partition coefficient (Wildman–Crippen LogP) is -6.18. The third-order valence-electron chi connectivity index (χ3n) is 3.13. The van der Waals surface area contributed by atoms with Crippen molar-refractivity contribution in [2.45, 2.75) is 38.7 Å². The van der Waals surface area contributed by atoms with Crippen molar-refractivity contribution in [1.82, 2.24) is 9.55 Å². The molecule has 0 saturated carbocycles. The van der Waals surface area contributed by atoms with Crippen LogP contribution in [0.3, 0.4) is 0 Å². The number of ether oxygens (including phenoxy) is 1. The molecule has 2 heterocycles. The number of hydrogen-bond donors (Lipinski definition) is 3. The van der Waals surface area contributed by atoms with Crippen LogP contribution in [0.15, 0.2) is 15.8 Å². The van der Waals surface area contributed by atoms with Gasteiger partial charge in [0.25, 0.3) is 5.56 Å². The summed E-state index contributed by atoms with van der Waals surface area (Å²) in [6, 6.07) is 0. The number of rotatable bonds is 3. The first-order valence-corrected chi connectivity index (χ1v) is 6.65. The number of nitrogens with zero attached hydrogens (tertiary/aromatic N) is 1. The predicted molar refractivity (Wildman–Crippen MR) is 73.4 cm³/mol. The van der Waals surface area contributed by atoms with Crippen molar-refractivity contribution in [2.75, 3.05) is 6.61 Å². The fourth-order valence-corrected chi connectivity index (χ4v) is 1.85. The van der Waals surface area contributed by atoms with Crippen LogP contribution in [0.1, 0.15) is 25.1 Å². The van der Waals surface area contributed by atoms with E-state index >= 15 is 0 Å². The van der Waals surface area contributed by atoms with Crippen molar-refractivity contribution >= 4 is 11.8 Å². The Morgan fingerprint density at radius 3 is 2.42 bits per heavy atom. The third kappa shape index (κ3) is 5.96. The molecule has 0 amide bonds. The minimum absolute atomic E-state index is 0. The van der Waals surface area contributed by atoms with Gasteiger partial charge < -0.3 is 24.9 Å². The zero-order valence-corrected chi connectivity index (χ0v) is 15.5. The zero-order chi connectivity index (χ0) is 17.7. The molecule has 1 fully saturated rings. The summed E-state index contributed by atoms with van der Waals surface area (Å²) < 4.78 is 6.54. The van der Waals surface area contributed by atoms with Gasteiger partial charge in [-0.05, 0) is 6.92 Å². The van der Waals surface area contributed by atoms with Crippen molar-refractivity contribution in [3.05, 3.63) is 32.6 Å². The largest absolute Gasteiger partial charge is 1.00 e. The van der Waals surface area contributed by atoms with Crippen LogP contribution in [-0.4, -0.2) is 50.3 Å². The van der Waals surface area contributed by atoms with Gasteiger partial charge in [-0.1, -0.05) is 0 Å². The molecule has 1 aliphatic heterocycles. The molecular weight excluding hydrogens is 335 g/mol. The quantitative estimate of drug-likeness (QED) is 0.357.